The fourth-order valence-corrected chi connectivity index (χ4v) is 2.46. The first kappa shape index (κ1) is 15.7. The van der Waals surface area contributed by atoms with Gasteiger partial charge in [-0.3, -0.25) is 4.99 Å². The number of hydrogen-bond acceptors (Lipinski definition) is 5. The standard InChI is InChI=1S/C16H19N3OS/c1-2-10-21-16-17-9-8-14(19-16)11-18-15(12-20)13-6-4-3-5-7-13/h3-9,11,15,20H,2,10,12H2,1H3/t15-/m1/s1. The first-order valence-electron chi connectivity index (χ1n) is 6.98. The average molecular weight is 301 g/mol. The molecule has 0 radical (unpaired) electrons. The van der Waals surface area contributed by atoms with Crippen molar-refractivity contribution < 1.29 is 5.11 Å². The molecule has 0 spiro atoms. The fourth-order valence-electron chi connectivity index (χ4n) is 1.77. The molecule has 4 nitrogen and oxygen atoms in total. The lowest BCUT2D eigenvalue weighted by molar-refractivity contribution is 0.269. The summed E-state index contributed by atoms with van der Waals surface area (Å²) in [4.78, 5) is 13.1. The van der Waals surface area contributed by atoms with Crippen LogP contribution in [0.25, 0.3) is 0 Å². The maximum atomic E-state index is 9.48. The van der Waals surface area contributed by atoms with Crippen LogP contribution < -0.4 is 0 Å². The summed E-state index contributed by atoms with van der Waals surface area (Å²) in [5.74, 6) is 1.00. The number of benzene rings is 1. The van der Waals surface area contributed by atoms with Gasteiger partial charge in [-0.2, -0.15) is 0 Å². The lowest BCUT2D eigenvalue weighted by Gasteiger charge is -2.08. The Labute approximate surface area is 129 Å². The van der Waals surface area contributed by atoms with Gasteiger partial charge in [0.05, 0.1) is 18.3 Å². The molecule has 0 unspecified atom stereocenters. The fraction of sp³-hybridized carbons (Fsp3) is 0.312. The molecule has 0 aliphatic rings. The lowest BCUT2D eigenvalue weighted by atomic mass is 10.1. The molecule has 0 bridgehead atoms. The molecule has 1 N–H and O–H groups in total. The first-order valence-corrected chi connectivity index (χ1v) is 7.97. The molecule has 1 atom stereocenters. The second-order valence-corrected chi connectivity index (χ2v) is 5.56. The molecule has 0 fully saturated rings. The quantitative estimate of drug-likeness (QED) is 0.485. The largest absolute Gasteiger partial charge is 0.394 e. The van der Waals surface area contributed by atoms with Crippen LogP contribution in [0.2, 0.25) is 0 Å². The van der Waals surface area contributed by atoms with Crippen molar-refractivity contribution in [3.63, 3.8) is 0 Å². The maximum Gasteiger partial charge on any atom is 0.188 e. The SMILES string of the molecule is CCCSc1nccc(C=N[C@H](CO)c2ccccc2)n1. The summed E-state index contributed by atoms with van der Waals surface area (Å²) in [6.45, 7) is 2.10. The van der Waals surface area contributed by atoms with Crippen molar-refractivity contribution in [3.05, 3.63) is 53.9 Å². The third-order valence-corrected chi connectivity index (χ3v) is 3.90. The molecule has 0 saturated carbocycles. The Bertz CT molecular complexity index is 575. The molecule has 0 aliphatic carbocycles. The molecular weight excluding hydrogens is 282 g/mol. The molecule has 2 rings (SSSR count). The monoisotopic (exact) mass is 301 g/mol. The van der Waals surface area contributed by atoms with Crippen LogP contribution >= 0.6 is 11.8 Å². The van der Waals surface area contributed by atoms with Crippen LogP contribution in [0.3, 0.4) is 0 Å². The Morgan fingerprint density at radius 3 is 2.81 bits per heavy atom. The minimum Gasteiger partial charge on any atom is -0.394 e. The molecule has 1 aromatic heterocycles. The van der Waals surface area contributed by atoms with Crippen molar-refractivity contribution in [1.29, 1.82) is 0 Å². The van der Waals surface area contributed by atoms with Gasteiger partial charge in [-0.25, -0.2) is 9.97 Å². The van der Waals surface area contributed by atoms with E-state index in [2.05, 4.69) is 21.9 Å². The van der Waals surface area contributed by atoms with Gasteiger partial charge in [-0.15, -0.1) is 0 Å². The summed E-state index contributed by atoms with van der Waals surface area (Å²) < 4.78 is 0. The molecule has 2 aromatic rings. The summed E-state index contributed by atoms with van der Waals surface area (Å²) in [5.41, 5.74) is 1.75. The highest BCUT2D eigenvalue weighted by Crippen LogP contribution is 2.16. The van der Waals surface area contributed by atoms with Crippen LogP contribution in [-0.2, 0) is 0 Å². The van der Waals surface area contributed by atoms with Crippen LogP contribution in [0.5, 0.6) is 0 Å². The van der Waals surface area contributed by atoms with E-state index in [1.807, 2.05) is 36.4 Å². The van der Waals surface area contributed by atoms with Crippen molar-refractivity contribution in [3.8, 4) is 0 Å². The van der Waals surface area contributed by atoms with Crippen LogP contribution in [0.4, 0.5) is 0 Å². The van der Waals surface area contributed by atoms with Crippen LogP contribution in [0, 0.1) is 0 Å². The Morgan fingerprint density at radius 1 is 1.29 bits per heavy atom. The minimum atomic E-state index is -0.257. The van der Waals surface area contributed by atoms with Crippen molar-refractivity contribution in [2.45, 2.75) is 24.5 Å². The summed E-state index contributed by atoms with van der Waals surface area (Å²) in [7, 11) is 0. The molecule has 0 saturated heterocycles. The summed E-state index contributed by atoms with van der Waals surface area (Å²) in [6, 6.07) is 11.3. The second-order valence-electron chi connectivity index (χ2n) is 4.50. The Kier molecular flexibility index (Phi) is 6.37. The molecule has 21 heavy (non-hydrogen) atoms. The number of rotatable bonds is 7. The lowest BCUT2D eigenvalue weighted by Crippen LogP contribution is -2.02. The van der Waals surface area contributed by atoms with E-state index >= 15 is 0 Å². The molecule has 0 aliphatic heterocycles. The molecular formula is C16H19N3OS. The van der Waals surface area contributed by atoms with Gasteiger partial charge in [0, 0.05) is 18.2 Å². The van der Waals surface area contributed by atoms with E-state index in [-0.39, 0.29) is 12.6 Å². The molecule has 0 amide bonds. The van der Waals surface area contributed by atoms with Crippen molar-refractivity contribution in [1.82, 2.24) is 9.97 Å². The summed E-state index contributed by atoms with van der Waals surface area (Å²) >= 11 is 1.64. The highest BCUT2D eigenvalue weighted by Gasteiger charge is 2.07. The minimum absolute atomic E-state index is 0.0248. The predicted molar refractivity (Wildman–Crippen MR) is 86.9 cm³/mol. The zero-order valence-electron chi connectivity index (χ0n) is 12.0. The van der Waals surface area contributed by atoms with Gasteiger partial charge in [0.15, 0.2) is 5.16 Å². The van der Waals surface area contributed by atoms with Crippen molar-refractivity contribution in [2.75, 3.05) is 12.4 Å². The van der Waals surface area contributed by atoms with Crippen LogP contribution in [0.1, 0.15) is 30.6 Å². The third kappa shape index (κ3) is 4.95. The second kappa shape index (κ2) is 8.54. The van der Waals surface area contributed by atoms with Gasteiger partial charge in [-0.1, -0.05) is 49.0 Å². The van der Waals surface area contributed by atoms with E-state index in [4.69, 9.17) is 0 Å². The number of aliphatic hydroxyl groups is 1. The maximum absolute atomic E-state index is 9.48. The van der Waals surface area contributed by atoms with Gasteiger partial charge in [0.2, 0.25) is 0 Å². The van der Waals surface area contributed by atoms with Gasteiger partial charge in [0.1, 0.15) is 0 Å². The number of aliphatic hydroxyl groups excluding tert-OH is 1. The van der Waals surface area contributed by atoms with Gasteiger partial charge in [0.25, 0.3) is 0 Å². The third-order valence-electron chi connectivity index (χ3n) is 2.83. The highest BCUT2D eigenvalue weighted by molar-refractivity contribution is 7.99. The Hall–Kier alpha value is -1.72. The van der Waals surface area contributed by atoms with Gasteiger partial charge in [-0.05, 0) is 18.1 Å². The molecule has 110 valence electrons. The van der Waals surface area contributed by atoms with Gasteiger partial charge >= 0.3 is 0 Å². The Balaban J connectivity index is 2.08. The number of aromatic nitrogens is 2. The van der Waals surface area contributed by atoms with Crippen LogP contribution in [-0.4, -0.2) is 33.6 Å². The number of hydrogen-bond donors (Lipinski definition) is 1. The smallest absolute Gasteiger partial charge is 0.188 e. The Morgan fingerprint density at radius 2 is 2.10 bits per heavy atom. The van der Waals surface area contributed by atoms with E-state index in [1.165, 1.54) is 0 Å². The molecule has 5 heteroatoms. The zero-order valence-corrected chi connectivity index (χ0v) is 12.8. The normalized spacial score (nSPS) is 12.7. The van der Waals surface area contributed by atoms with Crippen molar-refractivity contribution in [2.24, 2.45) is 4.99 Å². The van der Waals surface area contributed by atoms with E-state index < -0.39 is 0 Å². The number of nitrogens with zero attached hydrogens (tertiary/aromatic N) is 3. The number of thioether (sulfide) groups is 1. The zero-order chi connectivity index (χ0) is 14.9. The van der Waals surface area contributed by atoms with E-state index in [0.717, 1.165) is 28.6 Å². The average Bonchev–Trinajstić information content (AvgIpc) is 2.55. The summed E-state index contributed by atoms with van der Waals surface area (Å²) in [5, 5.41) is 10.2. The molecule has 1 heterocycles. The van der Waals surface area contributed by atoms with Crippen molar-refractivity contribution >= 4 is 18.0 Å². The summed E-state index contributed by atoms with van der Waals surface area (Å²) in [6.07, 6.45) is 4.53. The van der Waals surface area contributed by atoms with E-state index in [9.17, 15) is 5.11 Å². The molecule has 1 aromatic carbocycles. The topological polar surface area (TPSA) is 58.4 Å². The number of aliphatic imine (C=N–C) groups is 1. The highest BCUT2D eigenvalue weighted by atomic mass is 32.2. The van der Waals surface area contributed by atoms with Gasteiger partial charge < -0.3 is 5.11 Å². The predicted octanol–water partition coefficient (Wildman–Crippen LogP) is 3.13. The first-order chi connectivity index (χ1) is 10.3. The van der Waals surface area contributed by atoms with Crippen LogP contribution in [0.15, 0.2) is 52.7 Å². The van der Waals surface area contributed by atoms with E-state index in [0.29, 0.717) is 0 Å². The van der Waals surface area contributed by atoms with E-state index in [1.54, 1.807) is 24.2 Å².